The number of halogens is 3. The molecule has 3 aromatic rings. The van der Waals surface area contributed by atoms with Crippen molar-refractivity contribution in [3.8, 4) is 22.9 Å². The topological polar surface area (TPSA) is 45.9 Å². The van der Waals surface area contributed by atoms with Crippen molar-refractivity contribution in [3.05, 3.63) is 83.4 Å². The van der Waals surface area contributed by atoms with Crippen molar-refractivity contribution >= 4 is 0 Å². The Morgan fingerprint density at radius 3 is 2.24 bits per heavy atom. The van der Waals surface area contributed by atoms with E-state index in [1.165, 1.54) is 24.4 Å². The second kappa shape index (κ2) is 7.05. The van der Waals surface area contributed by atoms with Crippen molar-refractivity contribution in [3.63, 3.8) is 0 Å². The molecule has 0 aliphatic rings. The van der Waals surface area contributed by atoms with Crippen LogP contribution in [0.2, 0.25) is 0 Å². The smallest absolute Gasteiger partial charge is 0.146 e. The van der Waals surface area contributed by atoms with Crippen molar-refractivity contribution < 1.29 is 17.9 Å². The van der Waals surface area contributed by atoms with Gasteiger partial charge in [-0.05, 0) is 41.5 Å². The summed E-state index contributed by atoms with van der Waals surface area (Å²) >= 11 is 0. The number of hydrogen-bond donors (Lipinski definition) is 0. The zero-order chi connectivity index (χ0) is 17.8. The van der Waals surface area contributed by atoms with Crippen LogP contribution in [-0.2, 0) is 6.61 Å². The molecule has 0 bridgehead atoms. The second-order valence-electron chi connectivity index (χ2n) is 5.25. The highest BCUT2D eigenvalue weighted by molar-refractivity contribution is 5.70. The summed E-state index contributed by atoms with van der Waals surface area (Å²) < 4.78 is 45.3. The third-order valence-electron chi connectivity index (χ3n) is 3.45. The van der Waals surface area contributed by atoms with E-state index in [9.17, 15) is 13.2 Å². The number of benzene rings is 2. The van der Waals surface area contributed by atoms with Gasteiger partial charge in [0, 0.05) is 11.6 Å². The SMILES string of the molecule is N#Cc1cc(-c2ccc(F)cc2)c(OCc2cc(F)cc(F)c2)cn1. The van der Waals surface area contributed by atoms with Crippen LogP contribution < -0.4 is 4.74 Å². The first-order valence-electron chi connectivity index (χ1n) is 7.29. The van der Waals surface area contributed by atoms with Crippen LogP contribution in [0.1, 0.15) is 11.3 Å². The van der Waals surface area contributed by atoms with E-state index >= 15 is 0 Å². The Hall–Kier alpha value is -3.33. The number of rotatable bonds is 4. The lowest BCUT2D eigenvalue weighted by Gasteiger charge is -2.12. The maximum absolute atomic E-state index is 13.3. The molecule has 0 aliphatic heterocycles. The van der Waals surface area contributed by atoms with Gasteiger partial charge in [0.15, 0.2) is 0 Å². The van der Waals surface area contributed by atoms with Crippen molar-refractivity contribution in [2.45, 2.75) is 6.61 Å². The van der Waals surface area contributed by atoms with Crippen LogP contribution in [0.5, 0.6) is 5.75 Å². The fourth-order valence-corrected chi connectivity index (χ4v) is 2.33. The fourth-order valence-electron chi connectivity index (χ4n) is 2.33. The lowest BCUT2D eigenvalue weighted by molar-refractivity contribution is 0.305. The Labute approximate surface area is 141 Å². The van der Waals surface area contributed by atoms with Crippen LogP contribution >= 0.6 is 0 Å². The molecule has 0 saturated carbocycles. The van der Waals surface area contributed by atoms with Gasteiger partial charge in [-0.3, -0.25) is 0 Å². The minimum Gasteiger partial charge on any atom is -0.487 e. The van der Waals surface area contributed by atoms with Crippen LogP contribution in [0.4, 0.5) is 13.2 Å². The molecular formula is C19H11F3N2O. The first-order chi connectivity index (χ1) is 12.0. The van der Waals surface area contributed by atoms with Crippen LogP contribution in [0.25, 0.3) is 11.1 Å². The molecule has 2 aromatic carbocycles. The molecule has 6 heteroatoms. The summed E-state index contributed by atoms with van der Waals surface area (Å²) in [4.78, 5) is 3.94. The lowest BCUT2D eigenvalue weighted by atomic mass is 10.1. The average Bonchev–Trinajstić information content (AvgIpc) is 2.60. The highest BCUT2D eigenvalue weighted by atomic mass is 19.1. The Kier molecular flexibility index (Phi) is 4.66. The summed E-state index contributed by atoms with van der Waals surface area (Å²) in [5, 5.41) is 9.02. The minimum absolute atomic E-state index is 0.0869. The third kappa shape index (κ3) is 3.96. The summed E-state index contributed by atoms with van der Waals surface area (Å²) in [5.41, 5.74) is 1.64. The van der Waals surface area contributed by atoms with Crippen LogP contribution in [0.15, 0.2) is 54.7 Å². The highest BCUT2D eigenvalue weighted by Gasteiger charge is 2.10. The zero-order valence-electron chi connectivity index (χ0n) is 12.8. The Balaban J connectivity index is 1.92. The Morgan fingerprint density at radius 1 is 0.920 bits per heavy atom. The molecule has 0 atom stereocenters. The fraction of sp³-hybridized carbons (Fsp3) is 0.0526. The molecule has 1 aromatic heterocycles. The minimum atomic E-state index is -0.699. The van der Waals surface area contributed by atoms with Gasteiger partial charge in [0.25, 0.3) is 0 Å². The predicted molar refractivity (Wildman–Crippen MR) is 85.0 cm³/mol. The molecule has 3 rings (SSSR count). The van der Waals surface area contributed by atoms with Gasteiger partial charge >= 0.3 is 0 Å². The van der Waals surface area contributed by atoms with Gasteiger partial charge in [-0.1, -0.05) is 12.1 Å². The number of ether oxygens (including phenoxy) is 1. The molecule has 3 nitrogen and oxygen atoms in total. The molecule has 1 heterocycles. The second-order valence-corrected chi connectivity index (χ2v) is 5.25. The zero-order valence-corrected chi connectivity index (χ0v) is 12.8. The van der Waals surface area contributed by atoms with E-state index < -0.39 is 17.5 Å². The van der Waals surface area contributed by atoms with E-state index in [0.29, 0.717) is 22.4 Å². The van der Waals surface area contributed by atoms with Crippen LogP contribution in [-0.4, -0.2) is 4.98 Å². The first kappa shape index (κ1) is 16.5. The summed E-state index contributed by atoms with van der Waals surface area (Å²) in [7, 11) is 0. The standard InChI is InChI=1S/C19H11F3N2O/c20-14-3-1-13(2-4-14)18-8-17(9-23)24-10-19(18)25-11-12-5-15(21)7-16(22)6-12/h1-8,10H,11H2. The molecule has 0 saturated heterocycles. The van der Waals surface area contributed by atoms with Gasteiger partial charge in [-0.15, -0.1) is 0 Å². The third-order valence-corrected chi connectivity index (χ3v) is 3.45. The molecule has 0 spiro atoms. The van der Waals surface area contributed by atoms with E-state index in [2.05, 4.69) is 4.98 Å². The summed E-state index contributed by atoms with van der Waals surface area (Å²) in [6, 6.07) is 12.2. The summed E-state index contributed by atoms with van der Waals surface area (Å²) in [5.74, 6) is -1.48. The van der Waals surface area contributed by atoms with Gasteiger partial charge in [-0.2, -0.15) is 5.26 Å². The van der Waals surface area contributed by atoms with E-state index in [0.717, 1.165) is 18.2 Å². The quantitative estimate of drug-likeness (QED) is 0.696. The molecule has 0 fully saturated rings. The summed E-state index contributed by atoms with van der Waals surface area (Å²) in [6.07, 6.45) is 1.35. The normalized spacial score (nSPS) is 10.3. The number of hydrogen-bond acceptors (Lipinski definition) is 3. The van der Waals surface area contributed by atoms with E-state index in [4.69, 9.17) is 10.00 Å². The number of aromatic nitrogens is 1. The maximum Gasteiger partial charge on any atom is 0.146 e. The molecule has 0 unspecified atom stereocenters. The Bertz CT molecular complexity index is 930. The van der Waals surface area contributed by atoms with Crippen LogP contribution in [0, 0.1) is 28.8 Å². The van der Waals surface area contributed by atoms with Gasteiger partial charge in [0.2, 0.25) is 0 Å². The molecule has 0 N–H and O–H groups in total. The lowest BCUT2D eigenvalue weighted by Crippen LogP contribution is -2.00. The molecule has 0 radical (unpaired) electrons. The van der Waals surface area contributed by atoms with Gasteiger partial charge < -0.3 is 4.74 Å². The highest BCUT2D eigenvalue weighted by Crippen LogP contribution is 2.30. The van der Waals surface area contributed by atoms with Crippen molar-refractivity contribution in [2.75, 3.05) is 0 Å². The van der Waals surface area contributed by atoms with E-state index in [1.807, 2.05) is 6.07 Å². The van der Waals surface area contributed by atoms with Gasteiger partial charge in [0.1, 0.15) is 41.6 Å². The van der Waals surface area contributed by atoms with Crippen molar-refractivity contribution in [1.82, 2.24) is 4.98 Å². The number of nitrogens with zero attached hydrogens (tertiary/aromatic N) is 2. The van der Waals surface area contributed by atoms with E-state index in [-0.39, 0.29) is 12.3 Å². The molecule has 25 heavy (non-hydrogen) atoms. The van der Waals surface area contributed by atoms with Crippen molar-refractivity contribution in [1.29, 1.82) is 5.26 Å². The van der Waals surface area contributed by atoms with E-state index in [1.54, 1.807) is 12.1 Å². The largest absolute Gasteiger partial charge is 0.487 e. The average molecular weight is 340 g/mol. The Morgan fingerprint density at radius 2 is 1.60 bits per heavy atom. The van der Waals surface area contributed by atoms with Crippen molar-refractivity contribution in [2.24, 2.45) is 0 Å². The van der Waals surface area contributed by atoms with Gasteiger partial charge in [-0.25, -0.2) is 18.2 Å². The predicted octanol–water partition coefficient (Wildman–Crippen LogP) is 4.62. The first-order valence-corrected chi connectivity index (χ1v) is 7.29. The molecule has 124 valence electrons. The molecular weight excluding hydrogens is 329 g/mol. The number of nitriles is 1. The maximum atomic E-state index is 13.3. The molecule has 0 amide bonds. The monoisotopic (exact) mass is 340 g/mol. The van der Waals surface area contributed by atoms with Crippen LogP contribution in [0.3, 0.4) is 0 Å². The van der Waals surface area contributed by atoms with Gasteiger partial charge in [0.05, 0.1) is 6.20 Å². The molecule has 0 aliphatic carbocycles. The summed E-state index contributed by atoms with van der Waals surface area (Å²) in [6.45, 7) is -0.0869. The number of pyridine rings is 1.